The number of hydrogen-bond acceptors (Lipinski definition) is 4. The molecule has 0 radical (unpaired) electrons. The highest BCUT2D eigenvalue weighted by Gasteiger charge is 2.34. The molecule has 1 unspecified atom stereocenters. The summed E-state index contributed by atoms with van der Waals surface area (Å²) in [5.74, 6) is -0.950. The summed E-state index contributed by atoms with van der Waals surface area (Å²) in [5.41, 5.74) is 1.55. The van der Waals surface area contributed by atoms with Gasteiger partial charge >= 0.3 is 5.97 Å². The molecule has 1 N–H and O–H groups in total. The molecular weight excluding hydrogens is 380 g/mol. The summed E-state index contributed by atoms with van der Waals surface area (Å²) in [5, 5.41) is 10.2. The molecule has 6 heteroatoms. The summed E-state index contributed by atoms with van der Waals surface area (Å²) in [4.78, 5) is 28.5. The first kappa shape index (κ1) is 21.7. The minimum absolute atomic E-state index is 0.0176. The van der Waals surface area contributed by atoms with Gasteiger partial charge in [-0.25, -0.2) is 9.78 Å². The van der Waals surface area contributed by atoms with Gasteiger partial charge in [-0.15, -0.1) is 0 Å². The average Bonchev–Trinajstić information content (AvgIpc) is 2.75. The summed E-state index contributed by atoms with van der Waals surface area (Å²) >= 11 is 0. The monoisotopic (exact) mass is 408 g/mol. The van der Waals surface area contributed by atoms with Gasteiger partial charge in [-0.3, -0.25) is 9.36 Å². The van der Waals surface area contributed by atoms with Crippen LogP contribution in [0.5, 0.6) is 0 Å². The first-order chi connectivity index (χ1) is 14.4. The third kappa shape index (κ3) is 5.13. The van der Waals surface area contributed by atoms with Crippen molar-refractivity contribution in [2.75, 3.05) is 6.61 Å². The fourth-order valence-electron chi connectivity index (χ4n) is 3.45. The molecule has 6 nitrogen and oxygen atoms in total. The molecule has 0 aliphatic rings. The van der Waals surface area contributed by atoms with Crippen LogP contribution in [0.2, 0.25) is 0 Å². The quantitative estimate of drug-likeness (QED) is 0.551. The van der Waals surface area contributed by atoms with Gasteiger partial charge in [-0.05, 0) is 49.4 Å². The molecule has 2 aromatic carbocycles. The van der Waals surface area contributed by atoms with E-state index in [1.165, 1.54) is 0 Å². The van der Waals surface area contributed by atoms with Gasteiger partial charge in [0.2, 0.25) is 0 Å². The maximum atomic E-state index is 12.5. The van der Waals surface area contributed by atoms with Gasteiger partial charge in [0.25, 0.3) is 5.56 Å². The van der Waals surface area contributed by atoms with Crippen LogP contribution in [0.3, 0.4) is 0 Å². The highest BCUT2D eigenvalue weighted by atomic mass is 16.5. The first-order valence-corrected chi connectivity index (χ1v) is 10.3. The van der Waals surface area contributed by atoms with E-state index >= 15 is 0 Å². The predicted molar refractivity (Wildman–Crippen MR) is 117 cm³/mol. The van der Waals surface area contributed by atoms with Crippen molar-refractivity contribution >= 4 is 16.9 Å². The fourth-order valence-corrected chi connectivity index (χ4v) is 3.45. The number of fused-ring (bicyclic) bond motifs is 1. The topological polar surface area (TPSA) is 81.4 Å². The van der Waals surface area contributed by atoms with Gasteiger partial charge in [0, 0.05) is 19.6 Å². The number of aromatic nitrogens is 2. The summed E-state index contributed by atoms with van der Waals surface area (Å²) in [6, 6.07) is 15.3. The second-order valence-corrected chi connectivity index (χ2v) is 7.74. The van der Waals surface area contributed by atoms with Gasteiger partial charge in [0.05, 0.1) is 17.2 Å². The molecule has 30 heavy (non-hydrogen) atoms. The van der Waals surface area contributed by atoms with E-state index in [1.807, 2.05) is 49.4 Å². The van der Waals surface area contributed by atoms with E-state index in [0.717, 1.165) is 30.4 Å². The van der Waals surface area contributed by atoms with E-state index < -0.39 is 11.6 Å². The number of carbonyl (C=O) groups is 1. The Morgan fingerprint density at radius 1 is 1.13 bits per heavy atom. The van der Waals surface area contributed by atoms with Crippen molar-refractivity contribution in [3.8, 4) is 0 Å². The van der Waals surface area contributed by atoms with E-state index in [2.05, 4.69) is 4.98 Å². The molecule has 3 aromatic rings. The van der Waals surface area contributed by atoms with E-state index in [4.69, 9.17) is 4.74 Å². The summed E-state index contributed by atoms with van der Waals surface area (Å²) in [7, 11) is 0. The number of para-hydroxylation sites is 1. The average molecular weight is 408 g/mol. The molecule has 0 aliphatic carbocycles. The molecule has 0 amide bonds. The minimum atomic E-state index is -1.22. The van der Waals surface area contributed by atoms with Gasteiger partial charge in [0.15, 0.2) is 5.60 Å². The summed E-state index contributed by atoms with van der Waals surface area (Å²) in [6.07, 6.45) is 4.34. The molecule has 0 saturated carbocycles. The van der Waals surface area contributed by atoms with Crippen LogP contribution < -0.4 is 5.56 Å². The van der Waals surface area contributed by atoms with Crippen LogP contribution in [-0.4, -0.2) is 32.8 Å². The summed E-state index contributed by atoms with van der Waals surface area (Å²) in [6.45, 7) is 4.59. The Bertz CT molecular complexity index is 1060. The molecule has 0 bridgehead atoms. The lowest BCUT2D eigenvalue weighted by atomic mass is 9.95. The number of aryl methyl sites for hydroxylation is 2. The first-order valence-electron chi connectivity index (χ1n) is 10.3. The number of ether oxygens (including phenoxy) is 1. The molecule has 3 rings (SSSR count). The molecule has 158 valence electrons. The Labute approximate surface area is 176 Å². The van der Waals surface area contributed by atoms with Crippen LogP contribution in [0.1, 0.15) is 37.8 Å². The Balaban J connectivity index is 1.59. The maximum absolute atomic E-state index is 12.5. The molecule has 1 heterocycles. The standard InChI is InChI=1S/C24H28N2O4/c1-3-15-30-24(2,23(28)29)16-19-12-10-18(11-13-19)7-6-14-26-17-25-21-9-5-4-8-20(21)22(26)27/h4-5,8-13,17H,3,6-7,14-16H2,1-2H3,(H,28,29). The summed E-state index contributed by atoms with van der Waals surface area (Å²) < 4.78 is 7.25. The van der Waals surface area contributed by atoms with Gasteiger partial charge < -0.3 is 9.84 Å². The highest BCUT2D eigenvalue weighted by Crippen LogP contribution is 2.20. The van der Waals surface area contributed by atoms with Crippen molar-refractivity contribution < 1.29 is 14.6 Å². The minimum Gasteiger partial charge on any atom is -0.479 e. The zero-order valence-corrected chi connectivity index (χ0v) is 17.5. The number of rotatable bonds is 10. The predicted octanol–water partition coefficient (Wildman–Crippen LogP) is 3.84. The van der Waals surface area contributed by atoms with E-state index in [1.54, 1.807) is 23.9 Å². The second-order valence-electron chi connectivity index (χ2n) is 7.74. The lowest BCUT2D eigenvalue weighted by Crippen LogP contribution is -2.40. The van der Waals surface area contributed by atoms with Crippen molar-refractivity contribution in [3.05, 3.63) is 76.3 Å². The lowest BCUT2D eigenvalue weighted by Gasteiger charge is -2.25. The third-order valence-electron chi connectivity index (χ3n) is 5.24. The Morgan fingerprint density at radius 2 is 1.83 bits per heavy atom. The van der Waals surface area contributed by atoms with Crippen molar-refractivity contribution in [1.29, 1.82) is 0 Å². The number of nitrogens with zero attached hydrogens (tertiary/aromatic N) is 2. The SMILES string of the molecule is CCCOC(C)(Cc1ccc(CCCn2cnc3ccccc3c2=O)cc1)C(=O)O. The molecule has 0 fully saturated rings. The van der Waals surface area contributed by atoms with Crippen molar-refractivity contribution in [1.82, 2.24) is 9.55 Å². The highest BCUT2D eigenvalue weighted by molar-refractivity contribution is 5.77. The number of hydrogen-bond donors (Lipinski definition) is 1. The second kappa shape index (κ2) is 9.67. The molecule has 1 atom stereocenters. The van der Waals surface area contributed by atoms with Gasteiger partial charge in [0.1, 0.15) is 0 Å². The lowest BCUT2D eigenvalue weighted by molar-refractivity contribution is -0.163. The Hall–Kier alpha value is -2.99. The van der Waals surface area contributed by atoms with Crippen LogP contribution in [0, 0.1) is 0 Å². The van der Waals surface area contributed by atoms with Gasteiger partial charge in [-0.2, -0.15) is 0 Å². The van der Waals surface area contributed by atoms with Crippen LogP contribution >= 0.6 is 0 Å². The number of benzene rings is 2. The van der Waals surface area contributed by atoms with E-state index in [0.29, 0.717) is 30.5 Å². The van der Waals surface area contributed by atoms with Gasteiger partial charge in [-0.1, -0.05) is 43.3 Å². The molecule has 0 saturated heterocycles. The number of aliphatic carboxylic acids is 1. The molecule has 0 aliphatic heterocycles. The third-order valence-corrected chi connectivity index (χ3v) is 5.24. The zero-order chi connectivity index (χ0) is 21.6. The van der Waals surface area contributed by atoms with Crippen molar-refractivity contribution in [3.63, 3.8) is 0 Å². The molecule has 0 spiro atoms. The van der Waals surface area contributed by atoms with Crippen molar-refractivity contribution in [2.24, 2.45) is 0 Å². The fraction of sp³-hybridized carbons (Fsp3) is 0.375. The van der Waals surface area contributed by atoms with Crippen molar-refractivity contribution in [2.45, 2.75) is 51.7 Å². The Morgan fingerprint density at radius 3 is 2.53 bits per heavy atom. The normalized spacial score (nSPS) is 13.3. The molecule has 1 aromatic heterocycles. The Kier molecular flexibility index (Phi) is 7.00. The smallest absolute Gasteiger partial charge is 0.336 e. The van der Waals surface area contributed by atoms with E-state index in [-0.39, 0.29) is 5.56 Å². The van der Waals surface area contributed by atoms with Crippen LogP contribution in [0.15, 0.2) is 59.7 Å². The largest absolute Gasteiger partial charge is 0.479 e. The van der Waals surface area contributed by atoms with Crippen LogP contribution in [0.4, 0.5) is 0 Å². The molecular formula is C24H28N2O4. The number of carboxylic acids is 1. The maximum Gasteiger partial charge on any atom is 0.336 e. The van der Waals surface area contributed by atoms with Crippen LogP contribution in [-0.2, 0) is 28.9 Å². The van der Waals surface area contributed by atoms with Crippen LogP contribution in [0.25, 0.3) is 10.9 Å². The zero-order valence-electron chi connectivity index (χ0n) is 17.5. The van der Waals surface area contributed by atoms with E-state index in [9.17, 15) is 14.7 Å². The number of carboxylic acid groups (broad SMARTS) is 1.